The number of aromatic amines is 1. The summed E-state index contributed by atoms with van der Waals surface area (Å²) in [5, 5.41) is 3.76. The molecule has 3 aromatic rings. The van der Waals surface area contributed by atoms with Gasteiger partial charge in [0, 0.05) is 36.0 Å². The molecule has 6 nitrogen and oxygen atoms in total. The van der Waals surface area contributed by atoms with Crippen LogP contribution in [-0.2, 0) is 16.0 Å². The van der Waals surface area contributed by atoms with E-state index in [1.807, 2.05) is 31.3 Å². The number of amides is 1. The number of ether oxygens (including phenoxy) is 3. The van der Waals surface area contributed by atoms with Crippen LogP contribution in [0.4, 0.5) is 10.1 Å². The molecule has 0 saturated carbocycles. The number of nitrogens with one attached hydrogen (secondary N) is 2. The Bertz CT molecular complexity index is 1030. The highest BCUT2D eigenvalue weighted by atomic mass is 19.1. The molecule has 0 unspecified atom stereocenters. The molecule has 1 amide bonds. The second kappa shape index (κ2) is 9.17. The van der Waals surface area contributed by atoms with Gasteiger partial charge in [0.05, 0.1) is 31.9 Å². The van der Waals surface area contributed by atoms with Gasteiger partial charge >= 0.3 is 0 Å². The van der Waals surface area contributed by atoms with Gasteiger partial charge in [0.1, 0.15) is 23.4 Å². The summed E-state index contributed by atoms with van der Waals surface area (Å²) >= 11 is 0. The maximum atomic E-state index is 13.8. The average Bonchev–Trinajstić information content (AvgIpc) is 3.15. The molecule has 30 heavy (non-hydrogen) atoms. The van der Waals surface area contributed by atoms with Crippen LogP contribution in [0.1, 0.15) is 25.3 Å². The van der Waals surface area contributed by atoms with Gasteiger partial charge in [-0.2, -0.15) is 0 Å². The maximum absolute atomic E-state index is 13.8. The second-order valence-corrected chi connectivity index (χ2v) is 7.22. The van der Waals surface area contributed by atoms with Gasteiger partial charge in [-0.05, 0) is 36.8 Å². The van der Waals surface area contributed by atoms with Gasteiger partial charge < -0.3 is 24.5 Å². The van der Waals surface area contributed by atoms with Crippen LogP contribution in [0.15, 0.2) is 42.6 Å². The molecule has 2 aromatic carbocycles. The molecule has 2 N–H and O–H groups in total. The van der Waals surface area contributed by atoms with Gasteiger partial charge in [-0.25, -0.2) is 4.39 Å². The Morgan fingerprint density at radius 1 is 1.23 bits per heavy atom. The lowest BCUT2D eigenvalue weighted by atomic mass is 10.1. The van der Waals surface area contributed by atoms with E-state index in [0.717, 1.165) is 35.1 Å². The zero-order valence-corrected chi connectivity index (χ0v) is 16.9. The summed E-state index contributed by atoms with van der Waals surface area (Å²) in [5.41, 5.74) is 2.20. The van der Waals surface area contributed by atoms with E-state index in [2.05, 4.69) is 10.3 Å². The third-order valence-corrected chi connectivity index (χ3v) is 5.08. The van der Waals surface area contributed by atoms with E-state index in [4.69, 9.17) is 14.2 Å². The van der Waals surface area contributed by atoms with Crippen molar-refractivity contribution in [2.75, 3.05) is 25.1 Å². The Labute approximate surface area is 174 Å². The second-order valence-electron chi connectivity index (χ2n) is 7.22. The molecule has 0 bridgehead atoms. The highest BCUT2D eigenvalue weighted by Gasteiger charge is 2.19. The number of fused-ring (bicyclic) bond motifs is 1. The predicted molar refractivity (Wildman–Crippen MR) is 113 cm³/mol. The van der Waals surface area contributed by atoms with Gasteiger partial charge in [0.15, 0.2) is 0 Å². The Hall–Kier alpha value is -3.06. The number of aromatic nitrogens is 1. The number of carbonyl (C=O) groups excluding carboxylic acids is 1. The first-order valence-corrected chi connectivity index (χ1v) is 10.2. The fourth-order valence-electron chi connectivity index (χ4n) is 3.67. The summed E-state index contributed by atoms with van der Waals surface area (Å²) in [6, 6.07) is 9.89. The molecule has 0 aliphatic carbocycles. The van der Waals surface area contributed by atoms with Gasteiger partial charge in [0.2, 0.25) is 5.91 Å². The topological polar surface area (TPSA) is 72.6 Å². The standard InChI is InChI=1S/C23H25FN2O4/c1-2-29-20-5-3-4-19-23(20)15(14-25-19)12-22(27)26-18-7-6-16(24)13-21(18)30-17-8-10-28-11-9-17/h3-7,13-14,17,25H,2,8-12H2,1H3,(H,26,27). The van der Waals surface area contributed by atoms with Crippen LogP contribution < -0.4 is 14.8 Å². The minimum Gasteiger partial charge on any atom is -0.493 e. The first kappa shape index (κ1) is 20.2. The van der Waals surface area contributed by atoms with Crippen molar-refractivity contribution in [2.24, 2.45) is 0 Å². The van der Waals surface area contributed by atoms with Crippen LogP contribution >= 0.6 is 0 Å². The number of anilines is 1. The van der Waals surface area contributed by atoms with E-state index < -0.39 is 5.82 Å². The van der Waals surface area contributed by atoms with Crippen molar-refractivity contribution in [3.63, 3.8) is 0 Å². The molecule has 0 radical (unpaired) electrons. The Kier molecular flexibility index (Phi) is 6.18. The van der Waals surface area contributed by atoms with Crippen molar-refractivity contribution in [3.05, 3.63) is 54.0 Å². The minimum absolute atomic E-state index is 0.0569. The third-order valence-electron chi connectivity index (χ3n) is 5.08. The third kappa shape index (κ3) is 4.57. The fourth-order valence-corrected chi connectivity index (χ4v) is 3.67. The van der Waals surface area contributed by atoms with Crippen molar-refractivity contribution in [2.45, 2.75) is 32.3 Å². The molecule has 2 heterocycles. The van der Waals surface area contributed by atoms with Gasteiger partial charge in [-0.15, -0.1) is 0 Å². The molecule has 0 spiro atoms. The van der Waals surface area contributed by atoms with Crippen molar-refractivity contribution < 1.29 is 23.4 Å². The molecule has 158 valence electrons. The molecular formula is C23H25FN2O4. The van der Waals surface area contributed by atoms with E-state index >= 15 is 0 Å². The van der Waals surface area contributed by atoms with Crippen LogP contribution in [0.25, 0.3) is 10.9 Å². The fraction of sp³-hybridized carbons (Fsp3) is 0.348. The van der Waals surface area contributed by atoms with Gasteiger partial charge in [-0.1, -0.05) is 6.07 Å². The number of carbonyl (C=O) groups is 1. The van der Waals surface area contributed by atoms with Crippen molar-refractivity contribution in [3.8, 4) is 11.5 Å². The van der Waals surface area contributed by atoms with Gasteiger partial charge in [0.25, 0.3) is 0 Å². The van der Waals surface area contributed by atoms with E-state index in [0.29, 0.717) is 31.3 Å². The van der Waals surface area contributed by atoms with Crippen molar-refractivity contribution >= 4 is 22.5 Å². The molecule has 0 atom stereocenters. The lowest BCUT2D eigenvalue weighted by Gasteiger charge is -2.24. The van der Waals surface area contributed by atoms with Gasteiger partial charge in [-0.3, -0.25) is 4.79 Å². The molecule has 1 aromatic heterocycles. The summed E-state index contributed by atoms with van der Waals surface area (Å²) in [7, 11) is 0. The highest BCUT2D eigenvalue weighted by molar-refractivity contribution is 5.98. The van der Waals surface area contributed by atoms with Crippen molar-refractivity contribution in [1.29, 1.82) is 0 Å². The van der Waals surface area contributed by atoms with Crippen LogP contribution in [0, 0.1) is 5.82 Å². The van der Waals surface area contributed by atoms with Crippen LogP contribution in [0.5, 0.6) is 11.5 Å². The average molecular weight is 412 g/mol. The maximum Gasteiger partial charge on any atom is 0.228 e. The molecule has 1 fully saturated rings. The summed E-state index contributed by atoms with van der Waals surface area (Å²) < 4.78 is 30.8. The summed E-state index contributed by atoms with van der Waals surface area (Å²) in [6.45, 7) is 3.69. The minimum atomic E-state index is -0.409. The SMILES string of the molecule is CCOc1cccc2[nH]cc(CC(=O)Nc3ccc(F)cc3OC3CCOCC3)c12. The zero-order valence-electron chi connectivity index (χ0n) is 16.9. The summed E-state index contributed by atoms with van der Waals surface area (Å²) in [5.74, 6) is 0.451. The summed E-state index contributed by atoms with van der Waals surface area (Å²) in [6.07, 6.45) is 3.38. The number of H-pyrrole nitrogens is 1. The Morgan fingerprint density at radius 2 is 2.07 bits per heavy atom. The number of hydrogen-bond donors (Lipinski definition) is 2. The quantitative estimate of drug-likeness (QED) is 0.602. The largest absolute Gasteiger partial charge is 0.493 e. The number of halogens is 1. The molecule has 1 saturated heterocycles. The van der Waals surface area contributed by atoms with Crippen molar-refractivity contribution in [1.82, 2.24) is 4.98 Å². The lowest BCUT2D eigenvalue weighted by Crippen LogP contribution is -2.26. The van der Waals surface area contributed by atoms with Crippen LogP contribution in [-0.4, -0.2) is 36.8 Å². The highest BCUT2D eigenvalue weighted by Crippen LogP contribution is 2.31. The number of benzene rings is 2. The van der Waals surface area contributed by atoms with E-state index in [1.54, 1.807) is 0 Å². The first-order chi connectivity index (χ1) is 14.6. The van der Waals surface area contributed by atoms with E-state index in [9.17, 15) is 9.18 Å². The smallest absolute Gasteiger partial charge is 0.228 e. The molecule has 1 aliphatic rings. The molecular weight excluding hydrogens is 387 g/mol. The Morgan fingerprint density at radius 3 is 2.87 bits per heavy atom. The van der Waals surface area contributed by atoms with Crippen LogP contribution in [0.2, 0.25) is 0 Å². The normalized spacial score (nSPS) is 14.6. The monoisotopic (exact) mass is 412 g/mol. The molecule has 1 aliphatic heterocycles. The van der Waals surface area contributed by atoms with E-state index in [-0.39, 0.29) is 18.4 Å². The first-order valence-electron chi connectivity index (χ1n) is 10.2. The van der Waals surface area contributed by atoms with E-state index in [1.165, 1.54) is 18.2 Å². The molecule has 7 heteroatoms. The number of hydrogen-bond acceptors (Lipinski definition) is 4. The lowest BCUT2D eigenvalue weighted by molar-refractivity contribution is -0.115. The van der Waals surface area contributed by atoms with Crippen LogP contribution in [0.3, 0.4) is 0 Å². The summed E-state index contributed by atoms with van der Waals surface area (Å²) in [4.78, 5) is 16.0. The number of rotatable bonds is 7. The molecule has 4 rings (SSSR count). The zero-order chi connectivity index (χ0) is 20.9. The Balaban J connectivity index is 1.51. The predicted octanol–water partition coefficient (Wildman–Crippen LogP) is 4.44.